The highest BCUT2D eigenvalue weighted by molar-refractivity contribution is 6.31. The standard InChI is InChI=1S/C32H32ClN5O2/c1-3-16-34-22(2)30-27(21-36-32(40)23-12-15-29(35-20-23)37-17-8-5-9-18-37)31(39)26-14-13-24(33)19-28(26)38(30)25-10-6-4-7-11-25/h3-4,6-7,10-16,19-20H,5,8-9,17-18,21H2,1-2H3,(H,36,40)/b16-3-,34-22+. The molecule has 7 nitrogen and oxygen atoms in total. The number of hydrogen-bond acceptors (Lipinski definition) is 5. The molecule has 0 aliphatic carbocycles. The quantitative estimate of drug-likeness (QED) is 0.272. The van der Waals surface area contributed by atoms with Gasteiger partial charge in [-0.25, -0.2) is 4.98 Å². The van der Waals surface area contributed by atoms with Gasteiger partial charge >= 0.3 is 0 Å². The molecule has 0 spiro atoms. The average molecular weight is 554 g/mol. The molecule has 5 rings (SSSR count). The molecule has 3 heterocycles. The molecule has 0 atom stereocenters. The topological polar surface area (TPSA) is 79.6 Å². The van der Waals surface area contributed by atoms with Crippen LogP contribution in [-0.2, 0) is 6.54 Å². The number of pyridine rings is 2. The fraction of sp³-hybridized carbons (Fsp3) is 0.250. The van der Waals surface area contributed by atoms with Gasteiger partial charge in [0.2, 0.25) is 0 Å². The highest BCUT2D eigenvalue weighted by Crippen LogP contribution is 2.26. The second-order valence-electron chi connectivity index (χ2n) is 9.82. The second kappa shape index (κ2) is 12.3. The number of halogens is 1. The van der Waals surface area contributed by atoms with Crippen molar-refractivity contribution in [1.82, 2.24) is 14.9 Å². The molecular weight excluding hydrogens is 522 g/mol. The van der Waals surface area contributed by atoms with Crippen molar-refractivity contribution in [2.45, 2.75) is 39.7 Å². The van der Waals surface area contributed by atoms with Crippen LogP contribution in [0.4, 0.5) is 5.82 Å². The second-order valence-corrected chi connectivity index (χ2v) is 10.3. The summed E-state index contributed by atoms with van der Waals surface area (Å²) >= 11 is 6.39. The van der Waals surface area contributed by atoms with E-state index in [9.17, 15) is 9.59 Å². The molecule has 0 unspecified atom stereocenters. The third kappa shape index (κ3) is 5.70. The fourth-order valence-corrected chi connectivity index (χ4v) is 5.31. The van der Waals surface area contributed by atoms with Gasteiger partial charge < -0.3 is 14.8 Å². The number of aliphatic imine (C=N–C) groups is 1. The molecule has 2 aromatic carbocycles. The molecule has 8 heteroatoms. The summed E-state index contributed by atoms with van der Waals surface area (Å²) in [5.74, 6) is 0.585. The van der Waals surface area contributed by atoms with E-state index in [1.54, 1.807) is 36.7 Å². The summed E-state index contributed by atoms with van der Waals surface area (Å²) in [4.78, 5) is 38.5. The highest BCUT2D eigenvalue weighted by atomic mass is 35.5. The summed E-state index contributed by atoms with van der Waals surface area (Å²) in [6, 6.07) is 18.7. The van der Waals surface area contributed by atoms with Crippen molar-refractivity contribution < 1.29 is 4.79 Å². The van der Waals surface area contributed by atoms with Gasteiger partial charge in [0.15, 0.2) is 5.43 Å². The summed E-state index contributed by atoms with van der Waals surface area (Å²) in [7, 11) is 0. The van der Waals surface area contributed by atoms with Gasteiger partial charge in [-0.2, -0.15) is 0 Å². The van der Waals surface area contributed by atoms with Crippen molar-refractivity contribution in [3.8, 4) is 5.69 Å². The number of allylic oxidation sites excluding steroid dienone is 1. The van der Waals surface area contributed by atoms with E-state index in [1.807, 2.05) is 60.9 Å². The molecule has 1 aliphatic rings. The molecule has 40 heavy (non-hydrogen) atoms. The van der Waals surface area contributed by atoms with E-state index >= 15 is 0 Å². The Bertz CT molecular complexity index is 1640. The van der Waals surface area contributed by atoms with Crippen LogP contribution in [0.2, 0.25) is 5.02 Å². The molecule has 1 amide bonds. The van der Waals surface area contributed by atoms with Crippen LogP contribution in [0.5, 0.6) is 0 Å². The molecule has 1 saturated heterocycles. The molecule has 0 radical (unpaired) electrons. The molecule has 1 N–H and O–H groups in total. The zero-order chi connectivity index (χ0) is 28.1. The summed E-state index contributed by atoms with van der Waals surface area (Å²) < 4.78 is 1.99. The van der Waals surface area contributed by atoms with E-state index in [4.69, 9.17) is 11.6 Å². The number of nitrogens with zero attached hydrogens (tertiary/aromatic N) is 4. The van der Waals surface area contributed by atoms with Crippen LogP contribution in [0.15, 0.2) is 88.9 Å². The van der Waals surface area contributed by atoms with Crippen LogP contribution in [0.1, 0.15) is 54.7 Å². The summed E-state index contributed by atoms with van der Waals surface area (Å²) in [6.45, 7) is 5.73. The largest absolute Gasteiger partial charge is 0.357 e. The van der Waals surface area contributed by atoms with E-state index < -0.39 is 0 Å². The van der Waals surface area contributed by atoms with E-state index in [0.29, 0.717) is 38.5 Å². The first-order valence-electron chi connectivity index (χ1n) is 13.6. The number of benzene rings is 2. The van der Waals surface area contributed by atoms with E-state index in [2.05, 4.69) is 20.2 Å². The first-order chi connectivity index (χ1) is 19.5. The number of nitrogens with one attached hydrogen (secondary N) is 1. The van der Waals surface area contributed by atoms with Crippen molar-refractivity contribution in [1.29, 1.82) is 0 Å². The lowest BCUT2D eigenvalue weighted by atomic mass is 10.0. The number of amides is 1. The smallest absolute Gasteiger partial charge is 0.253 e. The summed E-state index contributed by atoms with van der Waals surface area (Å²) in [5, 5.41) is 3.98. The Hall–Kier alpha value is -4.23. The maximum atomic E-state index is 13.9. The lowest BCUT2D eigenvalue weighted by Gasteiger charge is -2.27. The number of hydrogen-bond donors (Lipinski definition) is 1. The minimum atomic E-state index is -0.298. The third-order valence-electron chi connectivity index (χ3n) is 7.12. The SMILES string of the molecule is C/C=C\N=C(/C)c1c(CNC(=O)c2ccc(N3CCCCC3)nc2)c(=O)c2ccc(Cl)cc2n1-c1ccccc1. The zero-order valence-electron chi connectivity index (χ0n) is 22.7. The lowest BCUT2D eigenvalue weighted by molar-refractivity contribution is 0.0950. The van der Waals surface area contributed by atoms with Crippen LogP contribution < -0.4 is 15.6 Å². The van der Waals surface area contributed by atoms with Crippen LogP contribution in [-0.4, -0.2) is 34.3 Å². The monoisotopic (exact) mass is 553 g/mol. The Kier molecular flexibility index (Phi) is 8.41. The Balaban J connectivity index is 1.56. The lowest BCUT2D eigenvalue weighted by Crippen LogP contribution is -2.31. The van der Waals surface area contributed by atoms with E-state index in [-0.39, 0.29) is 17.9 Å². The summed E-state index contributed by atoms with van der Waals surface area (Å²) in [5.41, 5.74) is 3.47. The van der Waals surface area contributed by atoms with E-state index in [1.165, 1.54) is 6.42 Å². The van der Waals surface area contributed by atoms with Gasteiger partial charge in [-0.05, 0) is 75.6 Å². The fourth-order valence-electron chi connectivity index (χ4n) is 5.15. The van der Waals surface area contributed by atoms with Crippen LogP contribution in [0.25, 0.3) is 16.6 Å². The van der Waals surface area contributed by atoms with Crippen LogP contribution >= 0.6 is 11.6 Å². The molecule has 4 aromatic rings. The van der Waals surface area contributed by atoms with Crippen molar-refractivity contribution in [3.05, 3.63) is 111 Å². The molecule has 0 bridgehead atoms. The number of carbonyl (C=O) groups is 1. The maximum Gasteiger partial charge on any atom is 0.253 e. The van der Waals surface area contributed by atoms with Crippen LogP contribution in [0.3, 0.4) is 0 Å². The van der Waals surface area contributed by atoms with Gasteiger partial charge in [0, 0.05) is 53.7 Å². The Labute approximate surface area is 238 Å². The number of piperidine rings is 1. The Morgan fingerprint density at radius 3 is 2.55 bits per heavy atom. The minimum Gasteiger partial charge on any atom is -0.357 e. The van der Waals surface area contributed by atoms with E-state index in [0.717, 1.165) is 37.4 Å². The van der Waals surface area contributed by atoms with Gasteiger partial charge in [-0.15, -0.1) is 0 Å². The Morgan fingerprint density at radius 2 is 1.85 bits per heavy atom. The zero-order valence-corrected chi connectivity index (χ0v) is 23.5. The molecule has 2 aromatic heterocycles. The Morgan fingerprint density at radius 1 is 1.07 bits per heavy atom. The summed E-state index contributed by atoms with van der Waals surface area (Å²) in [6.07, 6.45) is 8.67. The number of para-hydroxylation sites is 1. The van der Waals surface area contributed by atoms with Crippen molar-refractivity contribution in [3.63, 3.8) is 0 Å². The number of fused-ring (bicyclic) bond motifs is 1. The number of aromatic nitrogens is 2. The average Bonchev–Trinajstić information content (AvgIpc) is 3.00. The first-order valence-corrected chi connectivity index (χ1v) is 13.9. The van der Waals surface area contributed by atoms with Gasteiger partial charge in [0.25, 0.3) is 5.91 Å². The van der Waals surface area contributed by atoms with Crippen LogP contribution in [0, 0.1) is 0 Å². The third-order valence-corrected chi connectivity index (χ3v) is 7.35. The molecule has 204 valence electrons. The molecule has 1 aliphatic heterocycles. The number of carbonyl (C=O) groups excluding carboxylic acids is 1. The van der Waals surface area contributed by atoms with Gasteiger partial charge in [0.1, 0.15) is 5.82 Å². The van der Waals surface area contributed by atoms with Gasteiger partial charge in [0.05, 0.1) is 22.5 Å². The van der Waals surface area contributed by atoms with Crippen molar-refractivity contribution >= 4 is 39.9 Å². The number of rotatable bonds is 7. The molecular formula is C32H32ClN5O2. The van der Waals surface area contributed by atoms with Crippen molar-refractivity contribution in [2.75, 3.05) is 18.0 Å². The predicted molar refractivity (Wildman–Crippen MR) is 163 cm³/mol. The molecule has 1 fully saturated rings. The highest BCUT2D eigenvalue weighted by Gasteiger charge is 2.21. The predicted octanol–water partition coefficient (Wildman–Crippen LogP) is 6.30. The minimum absolute atomic E-state index is 0.0228. The van der Waals surface area contributed by atoms with Crippen molar-refractivity contribution in [2.24, 2.45) is 4.99 Å². The van der Waals surface area contributed by atoms with Gasteiger partial charge in [-0.3, -0.25) is 14.6 Å². The first kappa shape index (κ1) is 27.3. The van der Waals surface area contributed by atoms with Gasteiger partial charge in [-0.1, -0.05) is 35.9 Å². The molecule has 0 saturated carbocycles. The number of anilines is 1. The normalized spacial score (nSPS) is 14.2. The maximum absolute atomic E-state index is 13.9.